The summed E-state index contributed by atoms with van der Waals surface area (Å²) in [6.45, 7) is 17.1. The van der Waals surface area contributed by atoms with Crippen LogP contribution >= 0.6 is 0 Å². The third kappa shape index (κ3) is 14.2. The van der Waals surface area contributed by atoms with Gasteiger partial charge in [0.05, 0.1) is 0 Å². The number of hydrogen-bond acceptors (Lipinski definition) is 2. The van der Waals surface area contributed by atoms with Crippen molar-refractivity contribution in [1.82, 2.24) is 0 Å². The van der Waals surface area contributed by atoms with E-state index in [1.165, 1.54) is 122 Å². The standard InChI is InChI=1S/C54H90O2/c1-8-9-10-11-12-13-14-15-16-17-18-19-20-21-22-23-24-25-26-27-28-29-30-31-52(55)56-47-38-40-53(6)46(42-47)34-35-48-50-37-36-49(54(50,7)41-39-51(48)53)45(5)33-32-44(4)43(2)3/h12-13,15-16,18-19,32-34,43-45,47-51H,8-11,14,17,20-31,35-42H2,1-7H3/b13-12-,16-15-,19-18-,33-32+. The maximum atomic E-state index is 12.9. The Kier molecular flexibility index (Phi) is 20.9. The minimum absolute atomic E-state index is 0.0523. The molecule has 9 atom stereocenters. The van der Waals surface area contributed by atoms with Crippen LogP contribution in [0, 0.1) is 52.3 Å². The van der Waals surface area contributed by atoms with E-state index in [0.717, 1.165) is 62.2 Å². The normalized spacial score (nSPS) is 30.3. The Balaban J connectivity index is 1.02. The fourth-order valence-corrected chi connectivity index (χ4v) is 11.8. The first-order chi connectivity index (χ1) is 27.1. The lowest BCUT2D eigenvalue weighted by atomic mass is 9.47. The van der Waals surface area contributed by atoms with Crippen LogP contribution in [0.3, 0.4) is 0 Å². The summed E-state index contributed by atoms with van der Waals surface area (Å²) in [5, 5.41) is 0. The van der Waals surface area contributed by atoms with Gasteiger partial charge in [0, 0.05) is 12.8 Å². The van der Waals surface area contributed by atoms with Crippen LogP contribution < -0.4 is 0 Å². The summed E-state index contributed by atoms with van der Waals surface area (Å²) >= 11 is 0. The molecule has 0 aliphatic heterocycles. The SMILES string of the molecule is CCCCC/C=C\C/C=C\C/C=C\CCCCCCCCCCCCC(=O)OC1CCC2(C)C(=CCC3C2CCC2(C)C(C(C)/C=C/C(C)C(C)C)CCC32)C1. The molecule has 4 rings (SSSR count). The summed E-state index contributed by atoms with van der Waals surface area (Å²) in [6.07, 6.45) is 53.9. The first kappa shape index (κ1) is 46.9. The number of hydrogen-bond donors (Lipinski definition) is 0. The number of fused-ring (bicyclic) bond motifs is 5. The van der Waals surface area contributed by atoms with E-state index in [1.807, 2.05) is 0 Å². The van der Waals surface area contributed by atoms with Crippen LogP contribution in [0.1, 0.15) is 215 Å². The van der Waals surface area contributed by atoms with E-state index in [1.54, 1.807) is 5.57 Å². The van der Waals surface area contributed by atoms with Gasteiger partial charge in [-0.05, 0) is 142 Å². The number of carbonyl (C=O) groups is 1. The largest absolute Gasteiger partial charge is 0.462 e. The third-order valence-electron chi connectivity index (χ3n) is 15.9. The molecule has 0 aromatic carbocycles. The molecule has 0 bridgehead atoms. The fraction of sp³-hybridized carbons (Fsp3) is 0.796. The molecule has 2 nitrogen and oxygen atoms in total. The Bertz CT molecular complexity index is 1260. The highest BCUT2D eigenvalue weighted by Gasteiger charge is 2.59. The monoisotopic (exact) mass is 771 g/mol. The number of carbonyl (C=O) groups excluding carboxylic acids is 1. The highest BCUT2D eigenvalue weighted by Crippen LogP contribution is 2.67. The van der Waals surface area contributed by atoms with Crippen LogP contribution in [0.25, 0.3) is 0 Å². The molecule has 318 valence electrons. The molecular formula is C54H90O2. The van der Waals surface area contributed by atoms with E-state index >= 15 is 0 Å². The summed E-state index contributed by atoms with van der Waals surface area (Å²) in [6, 6.07) is 0. The molecule has 4 aliphatic rings. The Hall–Kier alpha value is -1.83. The summed E-state index contributed by atoms with van der Waals surface area (Å²) in [5.41, 5.74) is 2.43. The summed E-state index contributed by atoms with van der Waals surface area (Å²) in [5.74, 6) is 5.45. The molecule has 0 spiro atoms. The van der Waals surface area contributed by atoms with Gasteiger partial charge in [-0.2, -0.15) is 0 Å². The van der Waals surface area contributed by atoms with Gasteiger partial charge in [-0.15, -0.1) is 0 Å². The second-order valence-electron chi connectivity index (χ2n) is 20.1. The molecule has 9 unspecified atom stereocenters. The van der Waals surface area contributed by atoms with Crippen LogP contribution in [0.4, 0.5) is 0 Å². The maximum absolute atomic E-state index is 12.9. The minimum Gasteiger partial charge on any atom is -0.462 e. The van der Waals surface area contributed by atoms with Crippen molar-refractivity contribution in [3.05, 3.63) is 60.3 Å². The Morgan fingerprint density at radius 2 is 1.32 bits per heavy atom. The molecule has 0 heterocycles. The zero-order valence-corrected chi connectivity index (χ0v) is 38.0. The van der Waals surface area contributed by atoms with Crippen molar-refractivity contribution >= 4 is 5.97 Å². The maximum Gasteiger partial charge on any atom is 0.306 e. The van der Waals surface area contributed by atoms with Gasteiger partial charge in [0.2, 0.25) is 0 Å². The molecule has 0 saturated heterocycles. The zero-order valence-electron chi connectivity index (χ0n) is 38.0. The lowest BCUT2D eigenvalue weighted by molar-refractivity contribution is -0.151. The van der Waals surface area contributed by atoms with Crippen LogP contribution in [-0.4, -0.2) is 12.1 Å². The molecule has 3 fully saturated rings. The van der Waals surface area contributed by atoms with Crippen molar-refractivity contribution in [2.24, 2.45) is 52.3 Å². The average molecular weight is 771 g/mol. The van der Waals surface area contributed by atoms with Crippen LogP contribution in [0.5, 0.6) is 0 Å². The topological polar surface area (TPSA) is 26.3 Å². The number of allylic oxidation sites excluding steroid dienone is 9. The van der Waals surface area contributed by atoms with E-state index in [4.69, 9.17) is 4.74 Å². The quantitative estimate of drug-likeness (QED) is 0.0497. The Morgan fingerprint density at radius 3 is 1.96 bits per heavy atom. The predicted molar refractivity (Wildman–Crippen MR) is 244 cm³/mol. The van der Waals surface area contributed by atoms with Gasteiger partial charge >= 0.3 is 5.97 Å². The molecule has 3 saturated carbocycles. The van der Waals surface area contributed by atoms with Crippen LogP contribution in [-0.2, 0) is 9.53 Å². The highest BCUT2D eigenvalue weighted by molar-refractivity contribution is 5.69. The van der Waals surface area contributed by atoms with E-state index in [0.29, 0.717) is 35.0 Å². The summed E-state index contributed by atoms with van der Waals surface area (Å²) < 4.78 is 6.16. The van der Waals surface area contributed by atoms with Gasteiger partial charge in [0.1, 0.15) is 6.10 Å². The molecule has 0 N–H and O–H groups in total. The van der Waals surface area contributed by atoms with E-state index in [9.17, 15) is 4.79 Å². The molecule has 0 radical (unpaired) electrons. The number of unbranched alkanes of at least 4 members (excludes halogenated alkanes) is 13. The van der Waals surface area contributed by atoms with E-state index < -0.39 is 0 Å². The van der Waals surface area contributed by atoms with Crippen LogP contribution in [0.15, 0.2) is 60.3 Å². The van der Waals surface area contributed by atoms with Gasteiger partial charge in [0.25, 0.3) is 0 Å². The van der Waals surface area contributed by atoms with Gasteiger partial charge < -0.3 is 4.74 Å². The summed E-state index contributed by atoms with van der Waals surface area (Å²) in [7, 11) is 0. The average Bonchev–Trinajstić information content (AvgIpc) is 3.54. The smallest absolute Gasteiger partial charge is 0.306 e. The van der Waals surface area contributed by atoms with Crippen LogP contribution in [0.2, 0.25) is 0 Å². The molecule has 0 amide bonds. The van der Waals surface area contributed by atoms with Crippen molar-refractivity contribution in [1.29, 1.82) is 0 Å². The third-order valence-corrected chi connectivity index (χ3v) is 15.9. The molecular weight excluding hydrogens is 681 g/mol. The second kappa shape index (κ2) is 24.9. The minimum atomic E-state index is 0.0523. The predicted octanol–water partition coefficient (Wildman–Crippen LogP) is 16.7. The molecule has 2 heteroatoms. The Labute approximate surface area is 348 Å². The molecule has 56 heavy (non-hydrogen) atoms. The van der Waals surface area contributed by atoms with E-state index in [-0.39, 0.29) is 12.1 Å². The van der Waals surface area contributed by atoms with E-state index in [2.05, 4.69) is 103 Å². The highest BCUT2D eigenvalue weighted by atomic mass is 16.5. The van der Waals surface area contributed by atoms with Crippen molar-refractivity contribution in [2.45, 2.75) is 222 Å². The zero-order chi connectivity index (χ0) is 40.2. The van der Waals surface area contributed by atoms with Gasteiger partial charge in [0.15, 0.2) is 0 Å². The lowest BCUT2D eigenvalue weighted by Crippen LogP contribution is -2.51. The van der Waals surface area contributed by atoms with Crippen molar-refractivity contribution in [2.75, 3.05) is 0 Å². The van der Waals surface area contributed by atoms with Gasteiger partial charge in [-0.25, -0.2) is 0 Å². The molecule has 4 aliphatic carbocycles. The van der Waals surface area contributed by atoms with Gasteiger partial charge in [-0.1, -0.05) is 173 Å². The molecule has 0 aromatic rings. The lowest BCUT2D eigenvalue weighted by Gasteiger charge is -2.58. The fourth-order valence-electron chi connectivity index (χ4n) is 11.8. The van der Waals surface area contributed by atoms with Crippen molar-refractivity contribution < 1.29 is 9.53 Å². The van der Waals surface area contributed by atoms with Gasteiger partial charge in [-0.3, -0.25) is 4.79 Å². The number of ether oxygens (including phenoxy) is 1. The second-order valence-corrected chi connectivity index (χ2v) is 20.1. The number of esters is 1. The first-order valence-corrected chi connectivity index (χ1v) is 24.6. The molecule has 0 aromatic heterocycles. The van der Waals surface area contributed by atoms with Crippen molar-refractivity contribution in [3.8, 4) is 0 Å². The first-order valence-electron chi connectivity index (χ1n) is 24.6. The Morgan fingerprint density at radius 1 is 0.714 bits per heavy atom. The number of rotatable bonds is 26. The van der Waals surface area contributed by atoms with Crippen molar-refractivity contribution in [3.63, 3.8) is 0 Å². The summed E-state index contributed by atoms with van der Waals surface area (Å²) in [4.78, 5) is 12.9.